The van der Waals surface area contributed by atoms with Crippen molar-refractivity contribution in [2.45, 2.75) is 13.0 Å². The van der Waals surface area contributed by atoms with E-state index in [1.54, 1.807) is 17.5 Å². The predicted octanol–water partition coefficient (Wildman–Crippen LogP) is 2.77. The largest absolute Gasteiger partial charge is 0.271 e. The van der Waals surface area contributed by atoms with Gasteiger partial charge in [-0.2, -0.15) is 0 Å². The molecule has 2 aromatic heterocycles. The lowest BCUT2D eigenvalue weighted by molar-refractivity contribution is 0.617. The maximum absolute atomic E-state index is 5.63. The maximum Gasteiger partial charge on any atom is 0.0903 e. The Bertz CT molecular complexity index is 484. The monoisotopic (exact) mass is 297 g/mol. The van der Waals surface area contributed by atoms with Crippen molar-refractivity contribution in [3.63, 3.8) is 0 Å². The minimum absolute atomic E-state index is 0.0678. The number of nitrogens with one attached hydrogen (secondary N) is 1. The Balaban J connectivity index is 2.45. The number of hydrogen-bond acceptors (Lipinski definition) is 4. The van der Waals surface area contributed by atoms with E-state index in [0.29, 0.717) is 0 Å². The second-order valence-electron chi connectivity index (χ2n) is 3.40. The van der Waals surface area contributed by atoms with Crippen LogP contribution in [-0.4, -0.2) is 4.98 Å². The van der Waals surface area contributed by atoms with Gasteiger partial charge in [0.25, 0.3) is 0 Å². The van der Waals surface area contributed by atoms with Gasteiger partial charge in [0.05, 0.1) is 11.7 Å². The molecule has 0 spiro atoms. The van der Waals surface area contributed by atoms with E-state index in [-0.39, 0.29) is 6.04 Å². The van der Waals surface area contributed by atoms with Crippen molar-refractivity contribution < 1.29 is 0 Å². The average molecular weight is 298 g/mol. The summed E-state index contributed by atoms with van der Waals surface area (Å²) in [6.45, 7) is 2.08. The summed E-state index contributed by atoms with van der Waals surface area (Å²) in [5, 5.41) is 2.06. The van der Waals surface area contributed by atoms with Crippen LogP contribution in [0.1, 0.15) is 22.2 Å². The van der Waals surface area contributed by atoms with Gasteiger partial charge >= 0.3 is 0 Å². The topological polar surface area (TPSA) is 50.9 Å². The van der Waals surface area contributed by atoms with Crippen molar-refractivity contribution in [3.05, 3.63) is 50.4 Å². The van der Waals surface area contributed by atoms with Crippen LogP contribution in [0, 0.1) is 6.92 Å². The van der Waals surface area contributed by atoms with Gasteiger partial charge in [-0.15, -0.1) is 11.3 Å². The Labute approximate surface area is 107 Å². The number of aromatic nitrogens is 1. The van der Waals surface area contributed by atoms with Crippen LogP contribution in [0.5, 0.6) is 0 Å². The highest BCUT2D eigenvalue weighted by molar-refractivity contribution is 9.10. The molecule has 0 aromatic carbocycles. The Hall–Kier alpha value is -0.750. The van der Waals surface area contributed by atoms with E-state index in [1.807, 2.05) is 12.1 Å². The third-order valence-corrected chi connectivity index (χ3v) is 3.97. The number of nitrogens with zero attached hydrogens (tertiary/aromatic N) is 1. The van der Waals surface area contributed by atoms with Crippen LogP contribution in [0.15, 0.2) is 34.2 Å². The molecule has 0 amide bonds. The highest BCUT2D eigenvalue weighted by atomic mass is 79.9. The summed E-state index contributed by atoms with van der Waals surface area (Å²) >= 11 is 5.20. The maximum atomic E-state index is 5.63. The van der Waals surface area contributed by atoms with Crippen LogP contribution in [0.3, 0.4) is 0 Å². The number of nitrogens with two attached hydrogens (primary N) is 1. The summed E-state index contributed by atoms with van der Waals surface area (Å²) in [7, 11) is 0. The number of halogens is 1. The van der Waals surface area contributed by atoms with Gasteiger partial charge < -0.3 is 0 Å². The van der Waals surface area contributed by atoms with Crippen LogP contribution in [0.4, 0.5) is 0 Å². The highest BCUT2D eigenvalue weighted by Crippen LogP contribution is 2.30. The fourth-order valence-electron chi connectivity index (χ4n) is 1.62. The lowest BCUT2D eigenvalue weighted by Crippen LogP contribution is -2.29. The molecule has 0 radical (unpaired) electrons. The van der Waals surface area contributed by atoms with Crippen LogP contribution >= 0.6 is 27.3 Å². The van der Waals surface area contributed by atoms with Gasteiger partial charge in [-0.3, -0.25) is 10.8 Å². The fraction of sp³-hybridized carbons (Fsp3) is 0.182. The number of hydrogen-bond donors (Lipinski definition) is 2. The molecule has 3 N–H and O–H groups in total. The zero-order valence-corrected chi connectivity index (χ0v) is 11.2. The molecule has 2 rings (SSSR count). The first kappa shape index (κ1) is 11.7. The minimum atomic E-state index is -0.0678. The van der Waals surface area contributed by atoms with Crippen molar-refractivity contribution >= 4 is 27.3 Å². The molecule has 0 aliphatic rings. The number of pyridine rings is 1. The number of hydrazine groups is 1. The summed E-state index contributed by atoms with van der Waals surface area (Å²) in [5.41, 5.74) is 4.90. The first-order chi connectivity index (χ1) is 7.74. The molecule has 0 saturated carbocycles. The first-order valence-corrected chi connectivity index (χ1v) is 6.52. The molecule has 1 unspecified atom stereocenters. The van der Waals surface area contributed by atoms with E-state index in [2.05, 4.69) is 44.7 Å². The van der Waals surface area contributed by atoms with Gasteiger partial charge in [-0.25, -0.2) is 5.43 Å². The molecular weight excluding hydrogens is 286 g/mol. The zero-order chi connectivity index (χ0) is 11.5. The minimum Gasteiger partial charge on any atom is -0.271 e. The molecule has 0 aliphatic heterocycles. The molecule has 84 valence electrons. The zero-order valence-electron chi connectivity index (χ0n) is 8.77. The van der Waals surface area contributed by atoms with Gasteiger partial charge in [0, 0.05) is 15.5 Å². The van der Waals surface area contributed by atoms with Crippen LogP contribution < -0.4 is 11.3 Å². The number of aryl methyl sites for hydroxylation is 1. The van der Waals surface area contributed by atoms with Crippen molar-refractivity contribution in [2.75, 3.05) is 0 Å². The Morgan fingerprint density at radius 3 is 2.88 bits per heavy atom. The Kier molecular flexibility index (Phi) is 3.70. The normalized spacial score (nSPS) is 12.7. The van der Waals surface area contributed by atoms with Crippen LogP contribution in [0.2, 0.25) is 0 Å². The summed E-state index contributed by atoms with van der Waals surface area (Å²) in [4.78, 5) is 5.61. The molecular formula is C11H12BrN3S. The molecule has 1 atom stereocenters. The van der Waals surface area contributed by atoms with Gasteiger partial charge in [-0.05, 0) is 52.0 Å². The lowest BCUT2D eigenvalue weighted by Gasteiger charge is -2.16. The average Bonchev–Trinajstić information content (AvgIpc) is 2.69. The molecule has 2 heterocycles. The summed E-state index contributed by atoms with van der Waals surface area (Å²) in [6, 6.07) is 5.86. The van der Waals surface area contributed by atoms with Crippen molar-refractivity contribution in [1.29, 1.82) is 0 Å². The van der Waals surface area contributed by atoms with E-state index in [0.717, 1.165) is 10.2 Å². The molecule has 2 aromatic rings. The molecule has 0 bridgehead atoms. The second kappa shape index (κ2) is 5.05. The predicted molar refractivity (Wildman–Crippen MR) is 70.2 cm³/mol. The SMILES string of the molecule is Cc1sccc1C(NN)c1ncccc1Br. The smallest absolute Gasteiger partial charge is 0.0903 e. The van der Waals surface area contributed by atoms with E-state index in [1.165, 1.54) is 10.4 Å². The number of rotatable bonds is 3. The van der Waals surface area contributed by atoms with Crippen molar-refractivity contribution in [2.24, 2.45) is 5.84 Å². The molecule has 0 aliphatic carbocycles. The second-order valence-corrected chi connectivity index (χ2v) is 5.38. The quantitative estimate of drug-likeness (QED) is 0.677. The van der Waals surface area contributed by atoms with E-state index < -0.39 is 0 Å². The summed E-state index contributed by atoms with van der Waals surface area (Å²) in [5.74, 6) is 5.63. The molecule has 0 fully saturated rings. The third kappa shape index (κ3) is 2.17. The highest BCUT2D eigenvalue weighted by Gasteiger charge is 2.18. The molecule has 16 heavy (non-hydrogen) atoms. The van der Waals surface area contributed by atoms with Crippen LogP contribution in [-0.2, 0) is 0 Å². The molecule has 5 heteroatoms. The molecule has 3 nitrogen and oxygen atoms in total. The number of thiophene rings is 1. The van der Waals surface area contributed by atoms with Crippen molar-refractivity contribution in [3.8, 4) is 0 Å². The summed E-state index contributed by atoms with van der Waals surface area (Å²) < 4.78 is 0.962. The van der Waals surface area contributed by atoms with Gasteiger partial charge in [0.15, 0.2) is 0 Å². The van der Waals surface area contributed by atoms with Gasteiger partial charge in [-0.1, -0.05) is 0 Å². The molecule has 0 saturated heterocycles. The van der Waals surface area contributed by atoms with E-state index in [4.69, 9.17) is 5.84 Å². The standard InChI is InChI=1S/C11H12BrN3S/c1-7-8(4-6-16-7)10(15-13)11-9(12)3-2-5-14-11/h2-6,10,15H,13H2,1H3. The Morgan fingerprint density at radius 2 is 2.31 bits per heavy atom. The third-order valence-electron chi connectivity index (χ3n) is 2.44. The Morgan fingerprint density at radius 1 is 1.50 bits per heavy atom. The van der Waals surface area contributed by atoms with Crippen LogP contribution in [0.25, 0.3) is 0 Å². The van der Waals surface area contributed by atoms with Gasteiger partial charge in [0.1, 0.15) is 0 Å². The van der Waals surface area contributed by atoms with Crippen molar-refractivity contribution in [1.82, 2.24) is 10.4 Å². The fourth-order valence-corrected chi connectivity index (χ4v) is 2.85. The van der Waals surface area contributed by atoms with E-state index in [9.17, 15) is 0 Å². The lowest BCUT2D eigenvalue weighted by atomic mass is 10.1. The summed E-state index contributed by atoms with van der Waals surface area (Å²) in [6.07, 6.45) is 1.77. The first-order valence-electron chi connectivity index (χ1n) is 4.84. The van der Waals surface area contributed by atoms with E-state index >= 15 is 0 Å². The van der Waals surface area contributed by atoms with Gasteiger partial charge in [0.2, 0.25) is 0 Å².